The molecule has 2 amide bonds. The molecule has 148 valence electrons. The van der Waals surface area contributed by atoms with Gasteiger partial charge in [0.25, 0.3) is 5.56 Å². The maximum atomic E-state index is 12.9. The number of carbonyl (C=O) groups is 2. The van der Waals surface area contributed by atoms with E-state index in [2.05, 4.69) is 5.10 Å². The zero-order valence-electron chi connectivity index (χ0n) is 16.0. The third kappa shape index (κ3) is 4.05. The Morgan fingerprint density at radius 2 is 1.79 bits per heavy atom. The number of hydrogen-bond donors (Lipinski definition) is 1. The molecule has 1 atom stereocenters. The maximum absolute atomic E-state index is 12.9. The number of primary amides is 1. The number of ether oxygens (including phenoxy) is 1. The molecule has 1 fully saturated rings. The van der Waals surface area contributed by atoms with Gasteiger partial charge in [-0.1, -0.05) is 0 Å². The van der Waals surface area contributed by atoms with E-state index < -0.39 is 6.04 Å². The number of nitrogens with two attached hydrogens (primary N) is 1. The smallest absolute Gasteiger partial charge is 0.267 e. The van der Waals surface area contributed by atoms with E-state index in [0.29, 0.717) is 31.6 Å². The highest BCUT2D eigenvalue weighted by Gasteiger charge is 2.29. The molecular formula is C20H24N4O4. The summed E-state index contributed by atoms with van der Waals surface area (Å²) >= 11 is 0. The van der Waals surface area contributed by atoms with E-state index in [0.717, 1.165) is 11.3 Å². The Labute approximate surface area is 162 Å². The largest absolute Gasteiger partial charge is 0.497 e. The minimum absolute atomic E-state index is 0.190. The number of aromatic nitrogens is 2. The van der Waals surface area contributed by atoms with Crippen LogP contribution in [-0.4, -0.2) is 46.7 Å². The van der Waals surface area contributed by atoms with Crippen LogP contribution >= 0.6 is 0 Å². The Kier molecular flexibility index (Phi) is 5.77. The van der Waals surface area contributed by atoms with E-state index in [1.165, 1.54) is 10.7 Å². The molecule has 0 radical (unpaired) electrons. The van der Waals surface area contributed by atoms with Crippen LogP contribution in [0.1, 0.15) is 25.8 Å². The lowest BCUT2D eigenvalue weighted by Crippen LogP contribution is -2.45. The molecule has 0 bridgehead atoms. The number of amides is 2. The Hall–Kier alpha value is -3.16. The van der Waals surface area contributed by atoms with Gasteiger partial charge in [0.05, 0.1) is 12.8 Å². The first-order chi connectivity index (χ1) is 13.4. The summed E-state index contributed by atoms with van der Waals surface area (Å²) in [5.74, 6) is 0.00760. The second-order valence-corrected chi connectivity index (χ2v) is 6.91. The molecule has 2 heterocycles. The van der Waals surface area contributed by atoms with Crippen molar-refractivity contribution in [1.82, 2.24) is 14.7 Å². The van der Waals surface area contributed by atoms with Crippen molar-refractivity contribution in [2.24, 2.45) is 11.7 Å². The van der Waals surface area contributed by atoms with Crippen molar-refractivity contribution in [1.29, 1.82) is 0 Å². The van der Waals surface area contributed by atoms with Gasteiger partial charge in [-0.2, -0.15) is 5.10 Å². The lowest BCUT2D eigenvalue weighted by Gasteiger charge is -2.32. The molecule has 0 aliphatic carbocycles. The summed E-state index contributed by atoms with van der Waals surface area (Å²) < 4.78 is 6.36. The van der Waals surface area contributed by atoms with E-state index in [9.17, 15) is 14.4 Å². The average molecular weight is 384 g/mol. The van der Waals surface area contributed by atoms with Crippen LogP contribution in [0.5, 0.6) is 5.75 Å². The second-order valence-electron chi connectivity index (χ2n) is 6.91. The molecule has 2 aromatic rings. The van der Waals surface area contributed by atoms with Gasteiger partial charge in [-0.3, -0.25) is 14.4 Å². The summed E-state index contributed by atoms with van der Waals surface area (Å²) in [6.45, 7) is 2.56. The SMILES string of the molecule is COc1ccc(-c2ccc(=O)n(C(C)C(=O)N3CCC(C(N)=O)CC3)n2)cc1. The molecule has 8 nitrogen and oxygen atoms in total. The van der Waals surface area contributed by atoms with Crippen molar-refractivity contribution in [3.05, 3.63) is 46.8 Å². The van der Waals surface area contributed by atoms with Crippen molar-refractivity contribution in [3.8, 4) is 17.0 Å². The van der Waals surface area contributed by atoms with Crippen molar-refractivity contribution in [2.75, 3.05) is 20.2 Å². The van der Waals surface area contributed by atoms with E-state index >= 15 is 0 Å². The van der Waals surface area contributed by atoms with Crippen LogP contribution in [0.2, 0.25) is 0 Å². The Morgan fingerprint density at radius 3 is 2.36 bits per heavy atom. The fourth-order valence-corrected chi connectivity index (χ4v) is 3.37. The summed E-state index contributed by atoms with van der Waals surface area (Å²) in [5.41, 5.74) is 6.41. The van der Waals surface area contributed by atoms with Crippen molar-refractivity contribution < 1.29 is 14.3 Å². The van der Waals surface area contributed by atoms with Crippen LogP contribution in [0.4, 0.5) is 0 Å². The lowest BCUT2D eigenvalue weighted by atomic mass is 9.96. The van der Waals surface area contributed by atoms with Crippen LogP contribution in [0.25, 0.3) is 11.3 Å². The number of piperidine rings is 1. The van der Waals surface area contributed by atoms with Gasteiger partial charge < -0.3 is 15.4 Å². The van der Waals surface area contributed by atoms with Crippen LogP contribution in [-0.2, 0) is 9.59 Å². The Morgan fingerprint density at radius 1 is 1.14 bits per heavy atom. The predicted octanol–water partition coefficient (Wildman–Crippen LogP) is 1.20. The number of rotatable bonds is 5. The molecule has 2 N–H and O–H groups in total. The quantitative estimate of drug-likeness (QED) is 0.834. The first kappa shape index (κ1) is 19.6. The summed E-state index contributed by atoms with van der Waals surface area (Å²) in [6, 6.07) is 9.62. The third-order valence-electron chi connectivity index (χ3n) is 5.14. The number of methoxy groups -OCH3 is 1. The fraction of sp³-hybridized carbons (Fsp3) is 0.400. The zero-order chi connectivity index (χ0) is 20.3. The molecule has 3 rings (SSSR count). The maximum Gasteiger partial charge on any atom is 0.267 e. The predicted molar refractivity (Wildman–Crippen MR) is 104 cm³/mol. The van der Waals surface area contributed by atoms with Gasteiger partial charge in [-0.25, -0.2) is 4.68 Å². The molecule has 1 saturated heterocycles. The molecule has 1 aliphatic heterocycles. The highest BCUT2D eigenvalue weighted by Crippen LogP contribution is 2.22. The molecular weight excluding hydrogens is 360 g/mol. The third-order valence-corrected chi connectivity index (χ3v) is 5.14. The van der Waals surface area contributed by atoms with Crippen molar-refractivity contribution in [2.45, 2.75) is 25.8 Å². The molecule has 1 aliphatic rings. The monoisotopic (exact) mass is 384 g/mol. The van der Waals surface area contributed by atoms with Gasteiger partial charge in [0.15, 0.2) is 0 Å². The summed E-state index contributed by atoms with van der Waals surface area (Å²) in [6.07, 6.45) is 1.09. The summed E-state index contributed by atoms with van der Waals surface area (Å²) in [5, 5.41) is 4.40. The Bertz CT molecular complexity index is 915. The first-order valence-corrected chi connectivity index (χ1v) is 9.23. The number of likely N-dealkylation sites (tertiary alicyclic amines) is 1. The number of hydrogen-bond acceptors (Lipinski definition) is 5. The van der Waals surface area contributed by atoms with Crippen LogP contribution in [0, 0.1) is 5.92 Å². The van der Waals surface area contributed by atoms with Crippen LogP contribution in [0.3, 0.4) is 0 Å². The van der Waals surface area contributed by atoms with Gasteiger partial charge in [0, 0.05) is 30.6 Å². The molecule has 0 spiro atoms. The van der Waals surface area contributed by atoms with Gasteiger partial charge in [-0.05, 0) is 50.1 Å². The number of carbonyl (C=O) groups excluding carboxylic acids is 2. The highest BCUT2D eigenvalue weighted by molar-refractivity contribution is 5.81. The second kappa shape index (κ2) is 8.24. The van der Waals surface area contributed by atoms with Crippen molar-refractivity contribution in [3.63, 3.8) is 0 Å². The molecule has 8 heteroatoms. The van der Waals surface area contributed by atoms with Crippen LogP contribution in [0.15, 0.2) is 41.2 Å². The molecule has 1 aromatic carbocycles. The zero-order valence-corrected chi connectivity index (χ0v) is 16.0. The summed E-state index contributed by atoms with van der Waals surface area (Å²) in [4.78, 5) is 38.1. The highest BCUT2D eigenvalue weighted by atomic mass is 16.5. The minimum Gasteiger partial charge on any atom is -0.497 e. The topological polar surface area (TPSA) is 108 Å². The lowest BCUT2D eigenvalue weighted by molar-refractivity contribution is -0.137. The molecule has 0 saturated carbocycles. The van der Waals surface area contributed by atoms with Gasteiger partial charge >= 0.3 is 0 Å². The van der Waals surface area contributed by atoms with E-state index in [4.69, 9.17) is 10.5 Å². The van der Waals surface area contributed by atoms with E-state index in [1.54, 1.807) is 25.0 Å². The number of nitrogens with zero attached hydrogens (tertiary/aromatic N) is 3. The fourth-order valence-electron chi connectivity index (χ4n) is 3.37. The van der Waals surface area contributed by atoms with Crippen LogP contribution < -0.4 is 16.0 Å². The first-order valence-electron chi connectivity index (χ1n) is 9.23. The van der Waals surface area contributed by atoms with E-state index in [1.807, 2.05) is 24.3 Å². The minimum atomic E-state index is -0.740. The van der Waals surface area contributed by atoms with Gasteiger partial charge in [0.2, 0.25) is 11.8 Å². The summed E-state index contributed by atoms with van der Waals surface area (Å²) in [7, 11) is 1.59. The van der Waals surface area contributed by atoms with Crippen molar-refractivity contribution >= 4 is 11.8 Å². The standard InChI is InChI=1S/C20H24N4O4/c1-13(20(27)23-11-9-15(10-12-23)19(21)26)24-18(25)8-7-17(22-24)14-3-5-16(28-2)6-4-14/h3-8,13,15H,9-12H2,1-2H3,(H2,21,26). The molecule has 28 heavy (non-hydrogen) atoms. The molecule has 1 unspecified atom stereocenters. The van der Waals surface area contributed by atoms with Gasteiger partial charge in [0.1, 0.15) is 11.8 Å². The van der Waals surface area contributed by atoms with Gasteiger partial charge in [-0.15, -0.1) is 0 Å². The normalized spacial score (nSPS) is 15.9. The number of benzene rings is 1. The molecule has 1 aromatic heterocycles. The average Bonchev–Trinajstić information content (AvgIpc) is 2.73. The van der Waals surface area contributed by atoms with E-state index in [-0.39, 0.29) is 23.3 Å². The Balaban J connectivity index is 1.79.